The third-order valence-corrected chi connectivity index (χ3v) is 8.13. The Morgan fingerprint density at radius 3 is 2.19 bits per heavy atom. The van der Waals surface area contributed by atoms with Gasteiger partial charge in [0.05, 0.1) is 49.2 Å². The standard InChI is InChI=1S/C15H15N7S.C6H11NO2.C6H14.C5H12.C4H10/c1-3-11-4-13(23-21-11)20-14-15-16-7-12(10-5-17-18-6-10)22(15)8-9(2)19-14;8-4-1-7-2-5-9-6-3-7;1-5-6(2,3)4;1-4-5(2)3;1-3-4-2/h4-8H,3H2,1-2H3,(H,17,18)(H,19,20);4H,1-3,5-6H2;5H2,1-4H3;5H,4H2,1-3H3;3-4H2,1-2H3. The van der Waals surface area contributed by atoms with Gasteiger partial charge in [0.25, 0.3) is 0 Å². The average molecular weight is 671 g/mol. The Hall–Kier alpha value is -3.15. The Labute approximate surface area is 288 Å². The fourth-order valence-corrected chi connectivity index (χ4v) is 4.07. The summed E-state index contributed by atoms with van der Waals surface area (Å²) < 4.78 is 11.5. The maximum absolute atomic E-state index is 9.99. The molecule has 5 heterocycles. The fraction of sp³-hybridized carbons (Fsp3) is 0.639. The molecule has 47 heavy (non-hydrogen) atoms. The van der Waals surface area contributed by atoms with Crippen molar-refractivity contribution < 1.29 is 9.53 Å². The number of aryl methyl sites for hydroxylation is 2. The summed E-state index contributed by atoms with van der Waals surface area (Å²) in [5.41, 5.74) is 5.26. The summed E-state index contributed by atoms with van der Waals surface area (Å²) in [5.74, 6) is 1.61. The topological polar surface area (TPSA) is 113 Å². The molecule has 4 aromatic rings. The van der Waals surface area contributed by atoms with Crippen LogP contribution in [0.15, 0.2) is 30.9 Å². The van der Waals surface area contributed by atoms with E-state index in [4.69, 9.17) is 4.74 Å². The van der Waals surface area contributed by atoms with Gasteiger partial charge in [-0.05, 0) is 42.3 Å². The highest BCUT2D eigenvalue weighted by atomic mass is 32.1. The number of nitrogens with one attached hydrogen (secondary N) is 2. The number of carbonyl (C=O) groups excluding carboxylic acids is 1. The number of H-pyrrole nitrogens is 1. The number of hydrogen-bond acceptors (Lipinski definition) is 9. The van der Waals surface area contributed by atoms with E-state index in [0.717, 1.165) is 84.0 Å². The van der Waals surface area contributed by atoms with Gasteiger partial charge in [0.2, 0.25) is 0 Å². The number of aromatic nitrogens is 6. The van der Waals surface area contributed by atoms with Crippen LogP contribution in [0.1, 0.15) is 106 Å². The number of ether oxygens (including phenoxy) is 1. The molecule has 0 saturated carbocycles. The Balaban J connectivity index is 0.000000378. The predicted octanol–water partition coefficient (Wildman–Crippen LogP) is 9.01. The molecule has 1 aliphatic rings. The van der Waals surface area contributed by atoms with E-state index in [1.54, 1.807) is 6.20 Å². The summed E-state index contributed by atoms with van der Waals surface area (Å²) in [6, 6.07) is 2.05. The van der Waals surface area contributed by atoms with E-state index in [-0.39, 0.29) is 0 Å². The first-order valence-corrected chi connectivity index (χ1v) is 18.0. The minimum Gasteiger partial charge on any atom is -0.379 e. The molecule has 1 saturated heterocycles. The number of hydrogen-bond donors (Lipinski definition) is 2. The van der Waals surface area contributed by atoms with Crippen molar-refractivity contribution in [1.82, 2.24) is 33.8 Å². The molecule has 0 bridgehead atoms. The van der Waals surface area contributed by atoms with Crippen LogP contribution in [-0.2, 0) is 16.0 Å². The highest BCUT2D eigenvalue weighted by molar-refractivity contribution is 7.10. The molecule has 0 unspecified atom stereocenters. The van der Waals surface area contributed by atoms with E-state index in [1.165, 1.54) is 37.2 Å². The number of rotatable bonds is 8. The van der Waals surface area contributed by atoms with Crippen molar-refractivity contribution in [2.24, 2.45) is 11.3 Å². The third-order valence-electron chi connectivity index (χ3n) is 7.38. The van der Waals surface area contributed by atoms with E-state index in [9.17, 15) is 4.79 Å². The molecule has 2 N–H and O–H groups in total. The van der Waals surface area contributed by atoms with Crippen LogP contribution in [0, 0.1) is 18.3 Å². The molecule has 0 aromatic carbocycles. The molecule has 0 aliphatic carbocycles. The lowest BCUT2D eigenvalue weighted by Gasteiger charge is -2.23. The van der Waals surface area contributed by atoms with Crippen molar-refractivity contribution in [2.75, 3.05) is 38.2 Å². The minimum absolute atomic E-state index is 0.542. The van der Waals surface area contributed by atoms with Gasteiger partial charge >= 0.3 is 0 Å². The lowest BCUT2D eigenvalue weighted by molar-refractivity contribution is -0.109. The van der Waals surface area contributed by atoms with Crippen molar-refractivity contribution >= 4 is 34.3 Å². The zero-order valence-corrected chi connectivity index (χ0v) is 31.8. The van der Waals surface area contributed by atoms with Crippen LogP contribution in [0.3, 0.4) is 0 Å². The number of aldehydes is 1. The average Bonchev–Trinajstić information content (AvgIpc) is 3.84. The molecule has 1 fully saturated rings. The van der Waals surface area contributed by atoms with Crippen molar-refractivity contribution in [3.05, 3.63) is 42.2 Å². The first-order chi connectivity index (χ1) is 22.4. The smallest absolute Gasteiger partial charge is 0.180 e. The van der Waals surface area contributed by atoms with Crippen molar-refractivity contribution in [3.8, 4) is 11.3 Å². The SMILES string of the molecule is CCC(C)(C)C.CCC(C)C.CCCC.CCc1cc(Nc2nc(C)cn3c(-c4cn[nH]c4)cnc23)sn1.O=CCN1CCOCC1. The second kappa shape index (κ2) is 23.2. The third kappa shape index (κ3) is 17.0. The minimum atomic E-state index is 0.542. The van der Waals surface area contributed by atoms with E-state index in [1.807, 2.05) is 36.0 Å². The number of carbonyl (C=O) groups is 1. The molecule has 10 nitrogen and oxygen atoms in total. The van der Waals surface area contributed by atoms with Crippen LogP contribution < -0.4 is 5.32 Å². The number of imidazole rings is 1. The Kier molecular flexibility index (Phi) is 20.7. The van der Waals surface area contributed by atoms with Crippen LogP contribution >= 0.6 is 11.5 Å². The lowest BCUT2D eigenvalue weighted by atomic mass is 9.94. The zero-order valence-electron chi connectivity index (χ0n) is 31.0. The molecular formula is C36H62N8O2S. The number of unbranched alkanes of at least 4 members (excludes halogenated alkanes) is 1. The molecule has 1 aliphatic heterocycles. The normalized spacial score (nSPS) is 12.9. The van der Waals surface area contributed by atoms with Gasteiger partial charge < -0.3 is 14.8 Å². The Morgan fingerprint density at radius 1 is 1.09 bits per heavy atom. The van der Waals surface area contributed by atoms with Crippen LogP contribution in [0.5, 0.6) is 0 Å². The van der Waals surface area contributed by atoms with Gasteiger partial charge in [0.1, 0.15) is 11.3 Å². The van der Waals surface area contributed by atoms with Gasteiger partial charge in [-0.2, -0.15) is 9.47 Å². The first-order valence-electron chi connectivity index (χ1n) is 17.2. The maximum Gasteiger partial charge on any atom is 0.180 e. The first kappa shape index (κ1) is 41.9. The van der Waals surface area contributed by atoms with Crippen LogP contribution in [-0.4, -0.2) is 73.0 Å². The van der Waals surface area contributed by atoms with E-state index < -0.39 is 0 Å². The number of anilines is 2. The maximum atomic E-state index is 9.99. The Bertz CT molecular complexity index is 1350. The largest absolute Gasteiger partial charge is 0.379 e. The van der Waals surface area contributed by atoms with E-state index in [0.29, 0.717) is 12.0 Å². The van der Waals surface area contributed by atoms with Crippen molar-refractivity contribution in [1.29, 1.82) is 0 Å². The number of nitrogens with zero attached hydrogens (tertiary/aromatic N) is 6. The number of fused-ring (bicyclic) bond motifs is 1. The molecule has 5 rings (SSSR count). The fourth-order valence-electron chi connectivity index (χ4n) is 3.34. The molecule has 0 radical (unpaired) electrons. The molecule has 4 aromatic heterocycles. The summed E-state index contributed by atoms with van der Waals surface area (Å²) >= 11 is 1.43. The number of morpholine rings is 1. The van der Waals surface area contributed by atoms with Gasteiger partial charge in [-0.3, -0.25) is 14.4 Å². The second-order valence-corrected chi connectivity index (χ2v) is 13.8. The quantitative estimate of drug-likeness (QED) is 0.179. The van der Waals surface area contributed by atoms with Gasteiger partial charge in [-0.1, -0.05) is 94.9 Å². The van der Waals surface area contributed by atoms with Crippen molar-refractivity contribution in [3.63, 3.8) is 0 Å². The molecule has 0 amide bonds. The highest BCUT2D eigenvalue weighted by Crippen LogP contribution is 2.27. The predicted molar refractivity (Wildman–Crippen MR) is 199 cm³/mol. The summed E-state index contributed by atoms with van der Waals surface area (Å²) in [4.78, 5) is 21.2. The Morgan fingerprint density at radius 2 is 1.72 bits per heavy atom. The monoisotopic (exact) mass is 670 g/mol. The van der Waals surface area contributed by atoms with Gasteiger partial charge in [0.15, 0.2) is 11.5 Å². The zero-order chi connectivity index (χ0) is 35.2. The second-order valence-electron chi connectivity index (χ2n) is 13.0. The highest BCUT2D eigenvalue weighted by Gasteiger charge is 2.13. The molecule has 11 heteroatoms. The summed E-state index contributed by atoms with van der Waals surface area (Å²) in [6.07, 6.45) is 14.5. The van der Waals surface area contributed by atoms with Crippen LogP contribution in [0.4, 0.5) is 10.8 Å². The van der Waals surface area contributed by atoms with Crippen LogP contribution in [0.25, 0.3) is 16.9 Å². The van der Waals surface area contributed by atoms with Gasteiger partial charge in [-0.25, -0.2) is 9.97 Å². The molecule has 0 atom stereocenters. The van der Waals surface area contributed by atoms with E-state index in [2.05, 4.69) is 104 Å². The summed E-state index contributed by atoms with van der Waals surface area (Å²) in [7, 11) is 0. The summed E-state index contributed by atoms with van der Waals surface area (Å²) in [5, 5.41) is 11.1. The molecule has 0 spiro atoms. The van der Waals surface area contributed by atoms with Crippen LogP contribution in [0.2, 0.25) is 0 Å². The molecular weight excluding hydrogens is 609 g/mol. The molecule has 264 valence electrons. The lowest BCUT2D eigenvalue weighted by Crippen LogP contribution is -2.37. The van der Waals surface area contributed by atoms with Gasteiger partial charge in [0, 0.05) is 31.0 Å². The van der Waals surface area contributed by atoms with Gasteiger partial charge in [-0.15, -0.1) is 0 Å². The van der Waals surface area contributed by atoms with Crippen molar-refractivity contribution in [2.45, 2.75) is 108 Å². The number of aromatic amines is 1. The summed E-state index contributed by atoms with van der Waals surface area (Å²) in [6.45, 7) is 27.9. The van der Waals surface area contributed by atoms with E-state index >= 15 is 0 Å².